The van der Waals surface area contributed by atoms with Crippen LogP contribution in [0, 0.1) is 12.8 Å². The zero-order valence-electron chi connectivity index (χ0n) is 9.40. The van der Waals surface area contributed by atoms with Crippen LogP contribution in [0.2, 0.25) is 0 Å². The van der Waals surface area contributed by atoms with Gasteiger partial charge in [0, 0.05) is 19.2 Å². The van der Waals surface area contributed by atoms with Crippen LogP contribution in [0.5, 0.6) is 0 Å². The highest BCUT2D eigenvalue weighted by Gasteiger charge is 2.17. The summed E-state index contributed by atoms with van der Waals surface area (Å²) in [5, 5.41) is 0. The minimum Gasteiger partial charge on any atom is -0.384 e. The van der Waals surface area contributed by atoms with Gasteiger partial charge in [-0.3, -0.25) is 0 Å². The monoisotopic (exact) mass is 206 g/mol. The van der Waals surface area contributed by atoms with Gasteiger partial charge in [0.15, 0.2) is 0 Å². The lowest BCUT2D eigenvalue weighted by Crippen LogP contribution is -2.35. The van der Waals surface area contributed by atoms with Crippen molar-refractivity contribution in [1.82, 2.24) is 9.97 Å². The van der Waals surface area contributed by atoms with Crippen LogP contribution in [0.4, 0.5) is 11.6 Å². The number of anilines is 2. The Hall–Kier alpha value is -1.32. The Morgan fingerprint density at radius 3 is 2.93 bits per heavy atom. The molecule has 0 amide bonds. The molecule has 1 saturated heterocycles. The first-order chi connectivity index (χ1) is 7.15. The molecule has 0 bridgehead atoms. The lowest BCUT2D eigenvalue weighted by molar-refractivity contribution is 0.444. The van der Waals surface area contributed by atoms with E-state index in [-0.39, 0.29) is 0 Å². The second-order valence-corrected chi connectivity index (χ2v) is 4.39. The highest BCUT2D eigenvalue weighted by Crippen LogP contribution is 2.22. The molecule has 82 valence electrons. The Morgan fingerprint density at radius 1 is 1.47 bits per heavy atom. The van der Waals surface area contributed by atoms with E-state index in [4.69, 9.17) is 5.73 Å². The molecule has 4 heteroatoms. The Balaban J connectivity index is 2.20. The number of nitrogens with zero attached hydrogens (tertiary/aromatic N) is 3. The van der Waals surface area contributed by atoms with Crippen molar-refractivity contribution in [3.05, 3.63) is 11.9 Å². The fourth-order valence-electron chi connectivity index (χ4n) is 2.13. The van der Waals surface area contributed by atoms with Crippen LogP contribution >= 0.6 is 0 Å². The minimum absolute atomic E-state index is 0.565. The molecule has 1 aromatic heterocycles. The summed E-state index contributed by atoms with van der Waals surface area (Å²) in [7, 11) is 0. The largest absolute Gasteiger partial charge is 0.384 e. The SMILES string of the molecule is Cc1nc(N)cc(N2CCC[C@H](C)C2)n1. The summed E-state index contributed by atoms with van der Waals surface area (Å²) in [4.78, 5) is 10.8. The molecule has 1 aliphatic heterocycles. The predicted molar refractivity (Wildman–Crippen MR) is 61.8 cm³/mol. The molecule has 0 radical (unpaired) electrons. The second-order valence-electron chi connectivity index (χ2n) is 4.39. The summed E-state index contributed by atoms with van der Waals surface area (Å²) in [6.45, 7) is 6.33. The third-order valence-electron chi connectivity index (χ3n) is 2.83. The highest BCUT2D eigenvalue weighted by molar-refractivity contribution is 5.47. The van der Waals surface area contributed by atoms with Gasteiger partial charge in [0.1, 0.15) is 17.5 Å². The van der Waals surface area contributed by atoms with E-state index in [2.05, 4.69) is 21.8 Å². The Bertz CT molecular complexity index is 330. The van der Waals surface area contributed by atoms with E-state index < -0.39 is 0 Å². The number of aryl methyl sites for hydroxylation is 1. The van der Waals surface area contributed by atoms with Gasteiger partial charge in [-0.25, -0.2) is 9.97 Å². The van der Waals surface area contributed by atoms with E-state index in [0.29, 0.717) is 5.82 Å². The maximum atomic E-state index is 5.72. The summed E-state index contributed by atoms with van der Waals surface area (Å²) < 4.78 is 0. The Labute approximate surface area is 90.5 Å². The third-order valence-corrected chi connectivity index (χ3v) is 2.83. The predicted octanol–water partition coefficient (Wildman–Crippen LogP) is 1.60. The van der Waals surface area contributed by atoms with E-state index in [1.807, 2.05) is 13.0 Å². The Kier molecular flexibility index (Phi) is 2.75. The van der Waals surface area contributed by atoms with Crippen molar-refractivity contribution in [3.8, 4) is 0 Å². The van der Waals surface area contributed by atoms with Crippen molar-refractivity contribution >= 4 is 11.6 Å². The van der Waals surface area contributed by atoms with E-state index in [1.165, 1.54) is 12.8 Å². The highest BCUT2D eigenvalue weighted by atomic mass is 15.2. The van der Waals surface area contributed by atoms with Crippen molar-refractivity contribution in [3.63, 3.8) is 0 Å². The molecule has 0 aliphatic carbocycles. The second kappa shape index (κ2) is 4.04. The van der Waals surface area contributed by atoms with E-state index in [1.54, 1.807) is 0 Å². The molecule has 0 unspecified atom stereocenters. The zero-order valence-corrected chi connectivity index (χ0v) is 9.40. The van der Waals surface area contributed by atoms with Gasteiger partial charge >= 0.3 is 0 Å². The molecule has 1 fully saturated rings. The maximum absolute atomic E-state index is 5.72. The first-order valence-corrected chi connectivity index (χ1v) is 5.51. The van der Waals surface area contributed by atoms with Crippen LogP contribution in [0.25, 0.3) is 0 Å². The van der Waals surface area contributed by atoms with E-state index in [9.17, 15) is 0 Å². The Morgan fingerprint density at radius 2 is 2.27 bits per heavy atom. The van der Waals surface area contributed by atoms with Crippen LogP contribution in [0.15, 0.2) is 6.07 Å². The van der Waals surface area contributed by atoms with Crippen LogP contribution < -0.4 is 10.6 Å². The molecule has 1 aromatic rings. The van der Waals surface area contributed by atoms with Crippen molar-refractivity contribution in [1.29, 1.82) is 0 Å². The molecule has 1 aliphatic rings. The van der Waals surface area contributed by atoms with Gasteiger partial charge in [-0.2, -0.15) is 0 Å². The zero-order chi connectivity index (χ0) is 10.8. The lowest BCUT2D eigenvalue weighted by atomic mass is 10.0. The van der Waals surface area contributed by atoms with Crippen molar-refractivity contribution in [2.75, 3.05) is 23.7 Å². The molecule has 0 saturated carbocycles. The van der Waals surface area contributed by atoms with E-state index >= 15 is 0 Å². The summed E-state index contributed by atoms with van der Waals surface area (Å²) in [6.07, 6.45) is 2.56. The topological polar surface area (TPSA) is 55.0 Å². The summed E-state index contributed by atoms with van der Waals surface area (Å²) >= 11 is 0. The molecule has 1 atom stereocenters. The maximum Gasteiger partial charge on any atom is 0.134 e. The lowest BCUT2D eigenvalue weighted by Gasteiger charge is -2.31. The molecule has 4 nitrogen and oxygen atoms in total. The molecular formula is C11H18N4. The average Bonchev–Trinajstić information content (AvgIpc) is 2.16. The van der Waals surface area contributed by atoms with Gasteiger partial charge in [0.2, 0.25) is 0 Å². The standard InChI is InChI=1S/C11H18N4/c1-8-4-3-5-15(7-8)11-6-10(12)13-9(2)14-11/h6,8H,3-5,7H2,1-2H3,(H2,12,13,14)/t8-/m0/s1. The van der Waals surface area contributed by atoms with Gasteiger partial charge in [-0.05, 0) is 25.7 Å². The van der Waals surface area contributed by atoms with Gasteiger partial charge in [0.05, 0.1) is 0 Å². The molecule has 2 heterocycles. The number of piperidine rings is 1. The quantitative estimate of drug-likeness (QED) is 0.758. The first-order valence-electron chi connectivity index (χ1n) is 5.51. The number of nitrogen functional groups attached to an aromatic ring is 1. The summed E-state index contributed by atoms with van der Waals surface area (Å²) in [6, 6.07) is 1.87. The van der Waals surface area contributed by atoms with Gasteiger partial charge in [-0.1, -0.05) is 6.92 Å². The molecule has 0 spiro atoms. The summed E-state index contributed by atoms with van der Waals surface area (Å²) in [5.41, 5.74) is 5.72. The minimum atomic E-state index is 0.565. The van der Waals surface area contributed by atoms with E-state index in [0.717, 1.165) is 30.6 Å². The number of aromatic nitrogens is 2. The van der Waals surface area contributed by atoms with Gasteiger partial charge < -0.3 is 10.6 Å². The molecule has 0 aromatic carbocycles. The van der Waals surface area contributed by atoms with Crippen LogP contribution in [0.1, 0.15) is 25.6 Å². The number of hydrogen-bond donors (Lipinski definition) is 1. The first kappa shape index (κ1) is 10.2. The molecule has 2 rings (SSSR count). The smallest absolute Gasteiger partial charge is 0.134 e. The number of rotatable bonds is 1. The molecular weight excluding hydrogens is 188 g/mol. The third kappa shape index (κ3) is 2.37. The molecule has 2 N–H and O–H groups in total. The fourth-order valence-corrected chi connectivity index (χ4v) is 2.13. The number of hydrogen-bond acceptors (Lipinski definition) is 4. The van der Waals surface area contributed by atoms with Crippen molar-refractivity contribution < 1.29 is 0 Å². The van der Waals surface area contributed by atoms with Crippen molar-refractivity contribution in [2.24, 2.45) is 5.92 Å². The van der Waals surface area contributed by atoms with Gasteiger partial charge in [0.25, 0.3) is 0 Å². The fraction of sp³-hybridized carbons (Fsp3) is 0.636. The average molecular weight is 206 g/mol. The van der Waals surface area contributed by atoms with Crippen LogP contribution in [0.3, 0.4) is 0 Å². The van der Waals surface area contributed by atoms with Crippen LogP contribution in [-0.2, 0) is 0 Å². The van der Waals surface area contributed by atoms with Crippen molar-refractivity contribution in [2.45, 2.75) is 26.7 Å². The van der Waals surface area contributed by atoms with Crippen LogP contribution in [-0.4, -0.2) is 23.1 Å². The summed E-state index contributed by atoms with van der Waals surface area (Å²) in [5.74, 6) is 3.04. The molecule has 15 heavy (non-hydrogen) atoms. The van der Waals surface area contributed by atoms with Gasteiger partial charge in [-0.15, -0.1) is 0 Å². The number of nitrogens with two attached hydrogens (primary N) is 1. The normalized spacial score (nSPS) is 21.7.